The molecule has 16 heavy (non-hydrogen) atoms. The van der Waals surface area contributed by atoms with E-state index in [1.807, 2.05) is 0 Å². The highest BCUT2D eigenvalue weighted by atomic mass is 19.4. The van der Waals surface area contributed by atoms with Crippen molar-refractivity contribution >= 4 is 16.9 Å². The zero-order valence-corrected chi connectivity index (χ0v) is 8.12. The molecule has 0 unspecified atom stereocenters. The van der Waals surface area contributed by atoms with Crippen molar-refractivity contribution in [2.24, 2.45) is 0 Å². The number of carbonyl (C=O) groups is 1. The topological polar surface area (TPSA) is 47.8 Å². The van der Waals surface area contributed by atoms with Crippen LogP contribution in [-0.4, -0.2) is 27.1 Å². The van der Waals surface area contributed by atoms with Gasteiger partial charge in [-0.05, 0) is 18.6 Å². The number of aromatic nitrogens is 3. The van der Waals surface area contributed by atoms with Crippen molar-refractivity contribution < 1.29 is 18.0 Å². The van der Waals surface area contributed by atoms with Gasteiger partial charge in [0.1, 0.15) is 5.52 Å². The van der Waals surface area contributed by atoms with Crippen LogP contribution in [0.4, 0.5) is 13.2 Å². The van der Waals surface area contributed by atoms with Gasteiger partial charge >= 0.3 is 12.1 Å². The van der Waals surface area contributed by atoms with Gasteiger partial charge in [-0.3, -0.25) is 4.79 Å². The highest BCUT2D eigenvalue weighted by molar-refractivity contribution is 5.92. The summed E-state index contributed by atoms with van der Waals surface area (Å²) in [6.07, 6.45) is -4.95. The second-order valence-electron chi connectivity index (χ2n) is 3.25. The third kappa shape index (κ3) is 1.54. The minimum atomic E-state index is -4.95. The van der Waals surface area contributed by atoms with Crippen molar-refractivity contribution in [2.75, 3.05) is 0 Å². The molecule has 1 heterocycles. The Balaban J connectivity index is 2.64. The van der Waals surface area contributed by atoms with Gasteiger partial charge in [0.2, 0.25) is 0 Å². The Morgan fingerprint density at radius 1 is 1.38 bits per heavy atom. The maximum absolute atomic E-state index is 12.2. The van der Waals surface area contributed by atoms with Gasteiger partial charge in [0.05, 0.1) is 5.52 Å². The van der Waals surface area contributed by atoms with Gasteiger partial charge in [0.25, 0.3) is 0 Å². The minimum absolute atomic E-state index is 0.0577. The van der Waals surface area contributed by atoms with E-state index in [9.17, 15) is 18.0 Å². The van der Waals surface area contributed by atoms with E-state index in [0.717, 1.165) is 0 Å². The fraction of sp³-hybridized carbons (Fsp3) is 0.222. The summed E-state index contributed by atoms with van der Waals surface area (Å²) in [7, 11) is 0. The summed E-state index contributed by atoms with van der Waals surface area (Å²) in [5.41, 5.74) is 1.01. The van der Waals surface area contributed by atoms with Gasteiger partial charge in [0.15, 0.2) is 0 Å². The summed E-state index contributed by atoms with van der Waals surface area (Å²) in [5, 5.41) is 6.76. The van der Waals surface area contributed by atoms with E-state index in [-0.39, 0.29) is 10.2 Å². The second kappa shape index (κ2) is 3.29. The monoisotopic (exact) mass is 229 g/mol. The van der Waals surface area contributed by atoms with Gasteiger partial charge in [-0.1, -0.05) is 17.3 Å². The number of hydrogen-bond donors (Lipinski definition) is 0. The lowest BCUT2D eigenvalue weighted by Gasteiger charge is -2.04. The van der Waals surface area contributed by atoms with Crippen molar-refractivity contribution in [3.05, 3.63) is 23.8 Å². The van der Waals surface area contributed by atoms with Crippen LogP contribution in [0.5, 0.6) is 0 Å². The molecular formula is C9H6F3N3O. The predicted molar refractivity (Wildman–Crippen MR) is 48.9 cm³/mol. The van der Waals surface area contributed by atoms with Gasteiger partial charge in [-0.15, -0.1) is 5.10 Å². The Bertz CT molecular complexity index is 559. The molecule has 0 saturated carbocycles. The first-order valence-corrected chi connectivity index (χ1v) is 4.34. The first-order chi connectivity index (χ1) is 7.41. The molecule has 84 valence electrons. The number of nitrogens with zero attached hydrogens (tertiary/aromatic N) is 3. The highest BCUT2D eigenvalue weighted by Crippen LogP contribution is 2.21. The highest BCUT2D eigenvalue weighted by Gasteiger charge is 2.41. The van der Waals surface area contributed by atoms with E-state index in [4.69, 9.17) is 0 Å². The number of fused-ring (bicyclic) bond motifs is 1. The lowest BCUT2D eigenvalue weighted by molar-refractivity contribution is -0.0953. The summed E-state index contributed by atoms with van der Waals surface area (Å²) in [4.78, 5) is 11.0. The van der Waals surface area contributed by atoms with Gasteiger partial charge < -0.3 is 0 Å². The van der Waals surface area contributed by atoms with Crippen LogP contribution in [0.25, 0.3) is 11.0 Å². The van der Waals surface area contributed by atoms with Crippen LogP contribution in [0.1, 0.15) is 10.4 Å². The predicted octanol–water partition coefficient (Wildman–Crippen LogP) is 1.94. The lowest BCUT2D eigenvalue weighted by Crippen LogP contribution is -2.29. The number of aryl methyl sites for hydroxylation is 1. The largest absolute Gasteiger partial charge is 0.473 e. The fourth-order valence-electron chi connectivity index (χ4n) is 1.35. The average molecular weight is 229 g/mol. The molecule has 0 radical (unpaired) electrons. The maximum Gasteiger partial charge on any atom is 0.473 e. The molecular weight excluding hydrogens is 223 g/mol. The molecule has 2 aromatic rings. The molecule has 1 aromatic heterocycles. The number of rotatable bonds is 0. The van der Waals surface area contributed by atoms with E-state index in [2.05, 4.69) is 10.3 Å². The van der Waals surface area contributed by atoms with Crippen LogP contribution in [-0.2, 0) is 0 Å². The number of halogens is 3. The Morgan fingerprint density at radius 2 is 2.06 bits per heavy atom. The van der Waals surface area contributed by atoms with Crippen LogP contribution < -0.4 is 0 Å². The summed E-state index contributed by atoms with van der Waals surface area (Å²) >= 11 is 0. The zero-order chi connectivity index (χ0) is 11.9. The Labute approximate surface area is 87.7 Å². The van der Waals surface area contributed by atoms with Crippen molar-refractivity contribution in [3.63, 3.8) is 0 Å². The molecule has 0 bridgehead atoms. The molecule has 1 aromatic carbocycles. The van der Waals surface area contributed by atoms with Crippen molar-refractivity contribution in [1.82, 2.24) is 15.0 Å². The fourth-order valence-corrected chi connectivity index (χ4v) is 1.35. The van der Waals surface area contributed by atoms with Crippen molar-refractivity contribution in [3.8, 4) is 0 Å². The second-order valence-corrected chi connectivity index (χ2v) is 3.25. The molecule has 0 aliphatic carbocycles. The molecule has 0 atom stereocenters. The lowest BCUT2D eigenvalue weighted by atomic mass is 10.2. The minimum Gasteiger partial charge on any atom is -0.262 e. The molecule has 4 nitrogen and oxygen atoms in total. The van der Waals surface area contributed by atoms with E-state index >= 15 is 0 Å². The first kappa shape index (κ1) is 10.6. The van der Waals surface area contributed by atoms with Crippen LogP contribution in [0, 0.1) is 6.92 Å². The van der Waals surface area contributed by atoms with Crippen LogP contribution in [0.3, 0.4) is 0 Å². The average Bonchev–Trinajstić information content (AvgIpc) is 2.60. The molecule has 0 N–H and O–H groups in total. The number of benzene rings is 1. The van der Waals surface area contributed by atoms with E-state index < -0.39 is 12.1 Å². The van der Waals surface area contributed by atoms with E-state index in [0.29, 0.717) is 11.1 Å². The molecule has 2 rings (SSSR count). The molecule has 0 saturated heterocycles. The third-order valence-corrected chi connectivity index (χ3v) is 2.11. The van der Waals surface area contributed by atoms with Gasteiger partial charge in [-0.25, -0.2) is 0 Å². The third-order valence-electron chi connectivity index (χ3n) is 2.11. The molecule has 0 aliphatic heterocycles. The Morgan fingerprint density at radius 3 is 2.69 bits per heavy atom. The Hall–Kier alpha value is -1.92. The number of alkyl halides is 3. The SMILES string of the molecule is Cc1cccc2c1nnn2C(=O)C(F)(F)F. The summed E-state index contributed by atoms with van der Waals surface area (Å²) < 4.78 is 36.9. The molecule has 0 amide bonds. The zero-order valence-electron chi connectivity index (χ0n) is 8.12. The van der Waals surface area contributed by atoms with Gasteiger partial charge in [0, 0.05) is 0 Å². The van der Waals surface area contributed by atoms with E-state index in [1.165, 1.54) is 6.07 Å². The smallest absolute Gasteiger partial charge is 0.262 e. The maximum atomic E-state index is 12.2. The standard InChI is InChI=1S/C9H6F3N3O/c1-5-3-2-4-6-7(5)13-14-15(6)8(16)9(10,11)12/h2-4H,1H3. The molecule has 7 heteroatoms. The van der Waals surface area contributed by atoms with E-state index in [1.54, 1.807) is 19.1 Å². The normalized spacial score (nSPS) is 12.0. The Kier molecular flexibility index (Phi) is 2.18. The summed E-state index contributed by atoms with van der Waals surface area (Å²) in [6, 6.07) is 4.59. The van der Waals surface area contributed by atoms with Gasteiger partial charge in [-0.2, -0.15) is 17.9 Å². The van der Waals surface area contributed by atoms with Crippen molar-refractivity contribution in [1.29, 1.82) is 0 Å². The number of carbonyl (C=O) groups excluding carboxylic acids is 1. The molecule has 0 aliphatic rings. The molecule has 0 spiro atoms. The summed E-state index contributed by atoms with van der Waals surface area (Å²) in [5.74, 6) is -2.04. The molecule has 0 fully saturated rings. The van der Waals surface area contributed by atoms with Crippen LogP contribution >= 0.6 is 0 Å². The summed E-state index contributed by atoms with van der Waals surface area (Å²) in [6.45, 7) is 1.68. The first-order valence-electron chi connectivity index (χ1n) is 4.34. The van der Waals surface area contributed by atoms with Crippen molar-refractivity contribution in [2.45, 2.75) is 13.1 Å². The van der Waals surface area contributed by atoms with Crippen LogP contribution in [0.2, 0.25) is 0 Å². The van der Waals surface area contributed by atoms with Crippen LogP contribution in [0.15, 0.2) is 18.2 Å². The quantitative estimate of drug-likeness (QED) is 0.693. The number of hydrogen-bond acceptors (Lipinski definition) is 3.